The summed E-state index contributed by atoms with van der Waals surface area (Å²) >= 11 is 0. The van der Waals surface area contributed by atoms with Gasteiger partial charge in [0.25, 0.3) is 10.2 Å². The summed E-state index contributed by atoms with van der Waals surface area (Å²) in [5, 5.41) is 6.77. The molecule has 21 heavy (non-hydrogen) atoms. The molecular formula is C13H18N4O3S. The van der Waals surface area contributed by atoms with Crippen LogP contribution in [0.25, 0.3) is 0 Å². The van der Waals surface area contributed by atoms with E-state index >= 15 is 0 Å². The van der Waals surface area contributed by atoms with Crippen LogP contribution in [0, 0.1) is 0 Å². The highest BCUT2D eigenvalue weighted by Gasteiger charge is 2.10. The molecule has 0 radical (unpaired) electrons. The summed E-state index contributed by atoms with van der Waals surface area (Å²) in [6.45, 7) is 0.766. The lowest BCUT2D eigenvalue weighted by Gasteiger charge is -2.07. The molecular weight excluding hydrogens is 292 g/mol. The fraction of sp³-hybridized carbons (Fsp3) is 0.308. The van der Waals surface area contributed by atoms with Crippen molar-refractivity contribution < 1.29 is 13.2 Å². The Morgan fingerprint density at radius 2 is 1.90 bits per heavy atom. The summed E-state index contributed by atoms with van der Waals surface area (Å²) in [4.78, 5) is 0. The zero-order valence-corrected chi connectivity index (χ0v) is 12.5. The van der Waals surface area contributed by atoms with Crippen LogP contribution in [0.3, 0.4) is 0 Å². The van der Waals surface area contributed by atoms with Crippen molar-refractivity contribution in [2.24, 2.45) is 0 Å². The second kappa shape index (κ2) is 7.32. The maximum absolute atomic E-state index is 11.8. The van der Waals surface area contributed by atoms with Gasteiger partial charge in [-0.2, -0.15) is 23.0 Å². The number of aromatic amines is 1. The van der Waals surface area contributed by atoms with Crippen LogP contribution >= 0.6 is 0 Å². The van der Waals surface area contributed by atoms with Crippen molar-refractivity contribution in [1.82, 2.24) is 19.6 Å². The van der Waals surface area contributed by atoms with Gasteiger partial charge in [0.05, 0.1) is 24.5 Å². The van der Waals surface area contributed by atoms with Crippen LogP contribution in [0.1, 0.15) is 17.0 Å². The molecule has 0 spiro atoms. The first kappa shape index (κ1) is 15.6. The minimum atomic E-state index is -3.57. The van der Waals surface area contributed by atoms with Crippen LogP contribution in [-0.4, -0.2) is 25.7 Å². The molecule has 0 saturated carbocycles. The first-order valence-electron chi connectivity index (χ1n) is 6.39. The molecule has 0 unspecified atom stereocenters. The molecule has 0 amide bonds. The third-order valence-electron chi connectivity index (χ3n) is 2.74. The first-order valence-corrected chi connectivity index (χ1v) is 7.87. The molecule has 0 saturated heterocycles. The number of hydrogen-bond acceptors (Lipinski definition) is 4. The summed E-state index contributed by atoms with van der Waals surface area (Å²) in [5.74, 6) is 0. The standard InChI is InChI=1S/C13H18N4O3S/c1-20-10-13-7-12(16-17-13)9-15-21(18,19)14-8-11-5-3-2-4-6-11/h2-7,14-15H,8-10H2,1H3,(H,16,17). The Labute approximate surface area is 123 Å². The summed E-state index contributed by atoms with van der Waals surface area (Å²) in [7, 11) is -1.99. The van der Waals surface area contributed by atoms with E-state index in [1.165, 1.54) is 0 Å². The van der Waals surface area contributed by atoms with Gasteiger partial charge in [0.15, 0.2) is 0 Å². The minimum Gasteiger partial charge on any atom is -0.378 e. The highest BCUT2D eigenvalue weighted by Crippen LogP contribution is 2.01. The number of nitrogens with one attached hydrogen (secondary N) is 3. The van der Waals surface area contributed by atoms with E-state index in [0.717, 1.165) is 11.3 Å². The number of benzene rings is 1. The third kappa shape index (κ3) is 5.27. The molecule has 0 atom stereocenters. The van der Waals surface area contributed by atoms with Gasteiger partial charge < -0.3 is 4.74 Å². The molecule has 0 aliphatic heterocycles. The van der Waals surface area contributed by atoms with E-state index < -0.39 is 10.2 Å². The average molecular weight is 310 g/mol. The molecule has 1 aromatic heterocycles. The number of methoxy groups -OCH3 is 1. The van der Waals surface area contributed by atoms with E-state index in [2.05, 4.69) is 19.6 Å². The molecule has 0 bridgehead atoms. The van der Waals surface area contributed by atoms with E-state index in [1.807, 2.05) is 30.3 Å². The SMILES string of the molecule is COCc1cc(CNS(=O)(=O)NCc2ccccc2)n[nH]1. The smallest absolute Gasteiger partial charge is 0.277 e. The molecule has 2 rings (SSSR count). The van der Waals surface area contributed by atoms with Gasteiger partial charge in [0.2, 0.25) is 0 Å². The van der Waals surface area contributed by atoms with Gasteiger partial charge in [-0.05, 0) is 11.6 Å². The Kier molecular flexibility index (Phi) is 5.45. The van der Waals surface area contributed by atoms with E-state index in [4.69, 9.17) is 4.74 Å². The zero-order valence-electron chi connectivity index (χ0n) is 11.7. The molecule has 1 aromatic carbocycles. The quantitative estimate of drug-likeness (QED) is 0.668. The van der Waals surface area contributed by atoms with Crippen molar-refractivity contribution in [3.05, 3.63) is 53.3 Å². The molecule has 0 aliphatic rings. The summed E-state index contributed by atoms with van der Waals surface area (Å²) in [6.07, 6.45) is 0. The van der Waals surface area contributed by atoms with Crippen LogP contribution in [-0.2, 0) is 34.6 Å². The number of nitrogens with zero attached hydrogens (tertiary/aromatic N) is 1. The fourth-order valence-electron chi connectivity index (χ4n) is 1.72. The molecule has 7 nitrogen and oxygen atoms in total. The van der Waals surface area contributed by atoms with Crippen LogP contribution in [0.5, 0.6) is 0 Å². The molecule has 8 heteroatoms. The first-order chi connectivity index (χ1) is 10.1. The highest BCUT2D eigenvalue weighted by molar-refractivity contribution is 7.87. The third-order valence-corrected chi connectivity index (χ3v) is 3.78. The second-order valence-electron chi connectivity index (χ2n) is 4.45. The fourth-order valence-corrected chi connectivity index (χ4v) is 2.52. The van der Waals surface area contributed by atoms with Gasteiger partial charge in [-0.15, -0.1) is 0 Å². The second-order valence-corrected chi connectivity index (χ2v) is 6.03. The monoisotopic (exact) mass is 310 g/mol. The van der Waals surface area contributed by atoms with Crippen molar-refractivity contribution in [3.63, 3.8) is 0 Å². The lowest BCUT2D eigenvalue weighted by Crippen LogP contribution is -2.35. The van der Waals surface area contributed by atoms with Gasteiger partial charge in [-0.25, -0.2) is 0 Å². The van der Waals surface area contributed by atoms with Crippen molar-refractivity contribution in [3.8, 4) is 0 Å². The van der Waals surface area contributed by atoms with Crippen molar-refractivity contribution in [1.29, 1.82) is 0 Å². The highest BCUT2D eigenvalue weighted by atomic mass is 32.2. The maximum Gasteiger partial charge on any atom is 0.277 e. The Morgan fingerprint density at radius 3 is 2.62 bits per heavy atom. The van der Waals surface area contributed by atoms with Crippen LogP contribution in [0.2, 0.25) is 0 Å². The topological polar surface area (TPSA) is 96.1 Å². The Morgan fingerprint density at radius 1 is 1.19 bits per heavy atom. The summed E-state index contributed by atoms with van der Waals surface area (Å²) < 4.78 is 33.5. The van der Waals surface area contributed by atoms with Crippen LogP contribution < -0.4 is 9.44 Å². The van der Waals surface area contributed by atoms with Crippen LogP contribution in [0.15, 0.2) is 36.4 Å². The lowest BCUT2D eigenvalue weighted by atomic mass is 10.2. The molecule has 114 valence electrons. The van der Waals surface area contributed by atoms with Gasteiger partial charge in [0, 0.05) is 13.7 Å². The Hall–Kier alpha value is -1.74. The Bertz CT molecular complexity index is 655. The number of H-pyrrole nitrogens is 1. The normalized spacial score (nSPS) is 11.7. The van der Waals surface area contributed by atoms with Gasteiger partial charge in [0.1, 0.15) is 0 Å². The van der Waals surface area contributed by atoms with E-state index in [1.54, 1.807) is 13.2 Å². The van der Waals surface area contributed by atoms with E-state index in [-0.39, 0.29) is 13.1 Å². The summed E-state index contributed by atoms with van der Waals surface area (Å²) in [5.41, 5.74) is 2.29. The molecule has 0 fully saturated rings. The average Bonchev–Trinajstić information content (AvgIpc) is 2.93. The molecule has 2 aromatic rings. The summed E-state index contributed by atoms with van der Waals surface area (Å²) in [6, 6.07) is 11.1. The molecule has 1 heterocycles. The number of ether oxygens (including phenoxy) is 1. The molecule has 0 aliphatic carbocycles. The van der Waals surface area contributed by atoms with Gasteiger partial charge in [-0.1, -0.05) is 30.3 Å². The number of aromatic nitrogens is 2. The maximum atomic E-state index is 11.8. The van der Waals surface area contributed by atoms with Gasteiger partial charge >= 0.3 is 0 Å². The zero-order chi connectivity index (χ0) is 15.1. The largest absolute Gasteiger partial charge is 0.378 e. The Balaban J connectivity index is 1.83. The number of rotatable bonds is 8. The van der Waals surface area contributed by atoms with Crippen LogP contribution in [0.4, 0.5) is 0 Å². The van der Waals surface area contributed by atoms with Crippen molar-refractivity contribution >= 4 is 10.2 Å². The van der Waals surface area contributed by atoms with Crippen molar-refractivity contribution in [2.75, 3.05) is 7.11 Å². The lowest BCUT2D eigenvalue weighted by molar-refractivity contribution is 0.181. The minimum absolute atomic E-state index is 0.115. The van der Waals surface area contributed by atoms with E-state index in [9.17, 15) is 8.42 Å². The van der Waals surface area contributed by atoms with Crippen molar-refractivity contribution in [2.45, 2.75) is 19.7 Å². The van der Waals surface area contributed by atoms with Gasteiger partial charge in [-0.3, -0.25) is 5.10 Å². The predicted molar refractivity (Wildman–Crippen MR) is 78.3 cm³/mol. The molecule has 3 N–H and O–H groups in total. The number of hydrogen-bond donors (Lipinski definition) is 3. The van der Waals surface area contributed by atoms with E-state index in [0.29, 0.717) is 12.3 Å². The predicted octanol–water partition coefficient (Wildman–Crippen LogP) is 0.680.